The smallest absolute Gasteiger partial charge is 0.333 e. The van der Waals surface area contributed by atoms with Crippen molar-refractivity contribution in [1.29, 1.82) is 0 Å². The summed E-state index contributed by atoms with van der Waals surface area (Å²) in [7, 11) is 1.26. The average molecular weight is 234 g/mol. The molecule has 1 rings (SSSR count). The minimum atomic E-state index is -1.05. The Morgan fingerprint density at radius 2 is 2.29 bits per heavy atom. The lowest BCUT2D eigenvalue weighted by Crippen LogP contribution is -2.41. The molecular formula is C8H10O4S2. The van der Waals surface area contributed by atoms with Crippen molar-refractivity contribution >= 4 is 35.5 Å². The van der Waals surface area contributed by atoms with Gasteiger partial charge in [-0.1, -0.05) is 6.08 Å². The second kappa shape index (κ2) is 4.27. The zero-order valence-electron chi connectivity index (χ0n) is 7.72. The predicted octanol–water partition coefficient (Wildman–Crippen LogP) is 1.18. The van der Waals surface area contributed by atoms with E-state index in [-0.39, 0.29) is 0 Å². The topological polar surface area (TPSA) is 63.6 Å². The van der Waals surface area contributed by atoms with Crippen molar-refractivity contribution in [3.63, 3.8) is 0 Å². The van der Waals surface area contributed by atoms with Gasteiger partial charge in [-0.05, 0) is 11.7 Å². The zero-order chi connectivity index (χ0) is 10.8. The summed E-state index contributed by atoms with van der Waals surface area (Å²) in [5, 5.41) is 10.6. The van der Waals surface area contributed by atoms with Gasteiger partial charge in [-0.3, -0.25) is 4.79 Å². The van der Waals surface area contributed by atoms with E-state index in [0.29, 0.717) is 0 Å². The van der Waals surface area contributed by atoms with Crippen LogP contribution in [-0.2, 0) is 14.3 Å². The quantitative estimate of drug-likeness (QED) is 0.740. The van der Waals surface area contributed by atoms with E-state index in [1.165, 1.54) is 36.7 Å². The molecule has 1 heterocycles. The van der Waals surface area contributed by atoms with Crippen LogP contribution < -0.4 is 0 Å². The molecular weight excluding hydrogens is 224 g/mol. The van der Waals surface area contributed by atoms with E-state index in [2.05, 4.69) is 4.74 Å². The molecule has 1 N–H and O–H groups in total. The number of rotatable bonds is 3. The van der Waals surface area contributed by atoms with Crippen molar-refractivity contribution in [3.05, 3.63) is 11.5 Å². The molecule has 0 fully saturated rings. The predicted molar refractivity (Wildman–Crippen MR) is 56.1 cm³/mol. The molecule has 0 saturated heterocycles. The van der Waals surface area contributed by atoms with E-state index < -0.39 is 21.9 Å². The molecule has 1 aliphatic rings. The number of carboxylic acid groups (broad SMARTS) is 1. The summed E-state index contributed by atoms with van der Waals surface area (Å²) >= 11 is 2.38. The van der Waals surface area contributed by atoms with Crippen LogP contribution in [0.25, 0.3) is 0 Å². The van der Waals surface area contributed by atoms with Crippen LogP contribution >= 0.6 is 23.5 Å². The lowest BCUT2D eigenvalue weighted by Gasteiger charge is -2.26. The number of esters is 1. The Bertz CT molecular complexity index is 289. The molecule has 14 heavy (non-hydrogen) atoms. The van der Waals surface area contributed by atoms with Gasteiger partial charge in [0.05, 0.1) is 7.11 Å². The van der Waals surface area contributed by atoms with Crippen molar-refractivity contribution in [3.8, 4) is 0 Å². The Kier molecular flexibility index (Phi) is 3.49. The third-order valence-electron chi connectivity index (χ3n) is 1.96. The molecule has 0 spiro atoms. The lowest BCUT2D eigenvalue weighted by molar-refractivity contribution is -0.148. The number of ether oxygens (including phenoxy) is 1. The van der Waals surface area contributed by atoms with Crippen molar-refractivity contribution in [1.82, 2.24) is 0 Å². The highest BCUT2D eigenvalue weighted by Crippen LogP contribution is 2.49. The highest BCUT2D eigenvalue weighted by atomic mass is 32.2. The molecule has 6 heteroatoms. The van der Waals surface area contributed by atoms with Crippen LogP contribution in [0.2, 0.25) is 0 Å². The molecule has 0 radical (unpaired) electrons. The second-order valence-corrected chi connectivity index (χ2v) is 5.09. The van der Waals surface area contributed by atoms with Gasteiger partial charge in [0.25, 0.3) is 0 Å². The maximum absolute atomic E-state index is 11.5. The minimum absolute atomic E-state index is 0.507. The van der Waals surface area contributed by atoms with Crippen molar-refractivity contribution in [2.24, 2.45) is 5.92 Å². The molecule has 0 aromatic heterocycles. The third kappa shape index (κ3) is 1.64. The summed E-state index contributed by atoms with van der Waals surface area (Å²) in [6, 6.07) is 0. The number of hydrogen-bond acceptors (Lipinski definition) is 5. The first-order chi connectivity index (χ1) is 6.58. The van der Waals surface area contributed by atoms with Crippen LogP contribution in [0.3, 0.4) is 0 Å². The van der Waals surface area contributed by atoms with E-state index in [4.69, 9.17) is 5.11 Å². The number of carbonyl (C=O) groups excluding carboxylic acids is 1. The second-order valence-electron chi connectivity index (χ2n) is 2.63. The van der Waals surface area contributed by atoms with Crippen LogP contribution in [-0.4, -0.2) is 34.5 Å². The van der Waals surface area contributed by atoms with Crippen LogP contribution in [0.1, 0.15) is 0 Å². The molecule has 0 amide bonds. The fraction of sp³-hybridized carbons (Fsp3) is 0.500. The van der Waals surface area contributed by atoms with Crippen LogP contribution in [0.5, 0.6) is 0 Å². The van der Waals surface area contributed by atoms with E-state index >= 15 is 0 Å². The van der Waals surface area contributed by atoms with Gasteiger partial charge in [-0.15, -0.1) is 23.5 Å². The molecule has 0 saturated carbocycles. The fourth-order valence-electron chi connectivity index (χ4n) is 1.24. The monoisotopic (exact) mass is 234 g/mol. The first-order valence-electron chi connectivity index (χ1n) is 3.79. The Morgan fingerprint density at radius 3 is 2.71 bits per heavy atom. The Balaban J connectivity index is 3.00. The molecule has 2 atom stereocenters. The summed E-state index contributed by atoms with van der Waals surface area (Å²) in [6.45, 7) is 0. The van der Waals surface area contributed by atoms with E-state index in [0.717, 1.165) is 0 Å². The SMILES string of the molecule is COC(=O)C1(SC)SC=CC1C(=O)O. The summed E-state index contributed by atoms with van der Waals surface area (Å²) in [5.74, 6) is -2.34. The van der Waals surface area contributed by atoms with Gasteiger partial charge >= 0.3 is 11.9 Å². The molecule has 0 aromatic rings. The van der Waals surface area contributed by atoms with Gasteiger partial charge in [0.1, 0.15) is 5.92 Å². The van der Waals surface area contributed by atoms with Gasteiger partial charge in [-0.25, -0.2) is 4.79 Å². The average Bonchev–Trinajstić information content (AvgIpc) is 2.61. The van der Waals surface area contributed by atoms with E-state index in [1.54, 1.807) is 11.7 Å². The number of carboxylic acids is 1. The third-order valence-corrected chi connectivity index (χ3v) is 4.84. The summed E-state index contributed by atoms with van der Waals surface area (Å²) in [6.07, 6.45) is 3.22. The summed E-state index contributed by atoms with van der Waals surface area (Å²) in [4.78, 5) is 22.4. The highest BCUT2D eigenvalue weighted by Gasteiger charge is 2.52. The van der Waals surface area contributed by atoms with Gasteiger partial charge in [0.2, 0.25) is 0 Å². The number of carbonyl (C=O) groups is 2. The molecule has 0 aromatic carbocycles. The van der Waals surface area contributed by atoms with Crippen LogP contribution in [0.4, 0.5) is 0 Å². The van der Waals surface area contributed by atoms with Crippen molar-refractivity contribution in [2.75, 3.05) is 13.4 Å². The number of aliphatic carboxylic acids is 1. The van der Waals surface area contributed by atoms with Crippen LogP contribution in [0, 0.1) is 5.92 Å². The van der Waals surface area contributed by atoms with Gasteiger partial charge < -0.3 is 9.84 Å². The van der Waals surface area contributed by atoms with Gasteiger partial charge in [0, 0.05) is 0 Å². The first kappa shape index (κ1) is 11.5. The molecule has 4 nitrogen and oxygen atoms in total. The first-order valence-corrected chi connectivity index (χ1v) is 5.89. The maximum atomic E-state index is 11.5. The molecule has 78 valence electrons. The van der Waals surface area contributed by atoms with Crippen LogP contribution in [0.15, 0.2) is 11.5 Å². The van der Waals surface area contributed by atoms with Crippen molar-refractivity contribution < 1.29 is 19.4 Å². The van der Waals surface area contributed by atoms with E-state index in [9.17, 15) is 9.59 Å². The number of hydrogen-bond donors (Lipinski definition) is 1. The summed E-state index contributed by atoms with van der Waals surface area (Å²) < 4.78 is 3.57. The van der Waals surface area contributed by atoms with Crippen molar-refractivity contribution in [2.45, 2.75) is 4.08 Å². The molecule has 0 aliphatic carbocycles. The molecule has 1 aliphatic heterocycles. The maximum Gasteiger partial charge on any atom is 0.333 e. The lowest BCUT2D eigenvalue weighted by atomic mass is 10.1. The largest absolute Gasteiger partial charge is 0.481 e. The van der Waals surface area contributed by atoms with Gasteiger partial charge in [0.15, 0.2) is 4.08 Å². The number of methoxy groups -OCH3 is 1. The Hall–Kier alpha value is -0.620. The van der Waals surface area contributed by atoms with E-state index in [1.807, 2.05) is 0 Å². The summed E-state index contributed by atoms with van der Waals surface area (Å²) in [5.41, 5.74) is 0. The number of thioether (sulfide) groups is 2. The Morgan fingerprint density at radius 1 is 1.64 bits per heavy atom. The fourth-order valence-corrected chi connectivity index (χ4v) is 3.42. The molecule has 2 unspecified atom stereocenters. The molecule has 0 bridgehead atoms. The zero-order valence-corrected chi connectivity index (χ0v) is 9.35. The Labute approximate surface area is 90.1 Å². The minimum Gasteiger partial charge on any atom is -0.481 e. The standard InChI is InChI=1S/C8H10O4S2/c1-12-7(11)8(13-2)5(6(9)10)3-4-14-8/h3-5H,1-2H3,(H,9,10). The normalized spacial score (nSPS) is 30.3. The highest BCUT2D eigenvalue weighted by molar-refractivity contribution is 8.20. The van der Waals surface area contributed by atoms with Gasteiger partial charge in [-0.2, -0.15) is 0 Å².